The summed E-state index contributed by atoms with van der Waals surface area (Å²) in [6, 6.07) is 0. The maximum Gasteiger partial charge on any atom is 0.262 e. The number of nitrogens with two attached hydrogens (primary N) is 1. The highest BCUT2D eigenvalue weighted by Gasteiger charge is 2.22. The van der Waals surface area contributed by atoms with Crippen LogP contribution in [-0.2, 0) is 32.2 Å². The first-order chi connectivity index (χ1) is 14.7. The second-order valence-corrected chi connectivity index (χ2v) is 10.5. The monoisotopic (exact) mass is 437 g/mol. The van der Waals surface area contributed by atoms with E-state index in [4.69, 9.17) is 10.7 Å². The molecule has 0 aromatic carbocycles. The van der Waals surface area contributed by atoms with Gasteiger partial charge in [0.05, 0.1) is 23.6 Å². The Morgan fingerprint density at radius 2 is 1.53 bits per heavy atom. The molecular formula is C22H23N5OS2. The first kappa shape index (κ1) is 18.4. The molecule has 8 heteroatoms. The summed E-state index contributed by atoms with van der Waals surface area (Å²) < 4.78 is 1.65. The molecule has 0 fully saturated rings. The summed E-state index contributed by atoms with van der Waals surface area (Å²) in [5.41, 5.74) is 8.94. The maximum absolute atomic E-state index is 13.3. The summed E-state index contributed by atoms with van der Waals surface area (Å²) in [6.45, 7) is 0.301. The van der Waals surface area contributed by atoms with Crippen LogP contribution in [0, 0.1) is 0 Å². The Kier molecular flexibility index (Phi) is 4.38. The third-order valence-corrected chi connectivity index (χ3v) is 8.78. The second kappa shape index (κ2) is 7.13. The SMILES string of the molecule is Nc1nc(Cn2cnc3sc4c(c3c2=O)CCCCC4)nc2sc3c(c12)CCCC3. The van der Waals surface area contributed by atoms with Crippen molar-refractivity contribution in [3.8, 4) is 0 Å². The minimum Gasteiger partial charge on any atom is -0.383 e. The van der Waals surface area contributed by atoms with Gasteiger partial charge >= 0.3 is 0 Å². The molecule has 0 saturated carbocycles. The fourth-order valence-corrected chi connectivity index (χ4v) is 7.43. The number of hydrogen-bond donors (Lipinski definition) is 1. The Balaban J connectivity index is 1.43. The molecule has 0 radical (unpaired) electrons. The molecule has 6 rings (SSSR count). The Hall–Kier alpha value is -2.32. The molecular weight excluding hydrogens is 414 g/mol. The number of aryl methyl sites for hydroxylation is 4. The molecule has 0 saturated heterocycles. The molecule has 0 aliphatic heterocycles. The van der Waals surface area contributed by atoms with Gasteiger partial charge in [0, 0.05) is 9.75 Å². The van der Waals surface area contributed by atoms with Gasteiger partial charge in [-0.2, -0.15) is 0 Å². The van der Waals surface area contributed by atoms with Crippen molar-refractivity contribution in [2.24, 2.45) is 0 Å². The average molecular weight is 438 g/mol. The van der Waals surface area contributed by atoms with E-state index in [1.807, 2.05) is 0 Å². The van der Waals surface area contributed by atoms with Gasteiger partial charge in [-0.05, 0) is 62.5 Å². The maximum atomic E-state index is 13.3. The van der Waals surface area contributed by atoms with Crippen LogP contribution >= 0.6 is 22.7 Å². The van der Waals surface area contributed by atoms with Crippen molar-refractivity contribution in [1.29, 1.82) is 0 Å². The van der Waals surface area contributed by atoms with E-state index in [9.17, 15) is 4.79 Å². The Bertz CT molecular complexity index is 1350. The van der Waals surface area contributed by atoms with Gasteiger partial charge < -0.3 is 5.73 Å². The minimum atomic E-state index is 0.0205. The molecule has 2 N–H and O–H groups in total. The van der Waals surface area contributed by atoms with Crippen molar-refractivity contribution < 1.29 is 0 Å². The first-order valence-electron chi connectivity index (χ1n) is 10.8. The lowest BCUT2D eigenvalue weighted by atomic mass is 9.97. The van der Waals surface area contributed by atoms with E-state index in [1.165, 1.54) is 46.6 Å². The Morgan fingerprint density at radius 1 is 0.867 bits per heavy atom. The van der Waals surface area contributed by atoms with Crippen LogP contribution in [0.2, 0.25) is 0 Å². The minimum absolute atomic E-state index is 0.0205. The predicted molar refractivity (Wildman–Crippen MR) is 123 cm³/mol. The standard InChI is InChI=1S/C22H23N5OS2/c23-19-17-12-7-4-5-9-14(12)30-21(17)26-16(25-19)10-27-11-24-20-18(22(27)28)13-6-2-1-3-8-15(13)29-20/h11H,1-10H2,(H2,23,25,26). The van der Waals surface area contributed by atoms with Crippen LogP contribution in [0.3, 0.4) is 0 Å². The largest absolute Gasteiger partial charge is 0.383 e. The van der Waals surface area contributed by atoms with Gasteiger partial charge in [-0.15, -0.1) is 22.7 Å². The van der Waals surface area contributed by atoms with E-state index in [2.05, 4.69) is 9.97 Å². The third kappa shape index (κ3) is 2.88. The highest BCUT2D eigenvalue weighted by Crippen LogP contribution is 2.38. The third-order valence-electron chi connectivity index (χ3n) is 6.39. The molecule has 6 nitrogen and oxygen atoms in total. The van der Waals surface area contributed by atoms with Gasteiger partial charge in [-0.3, -0.25) is 9.36 Å². The van der Waals surface area contributed by atoms with Crippen LogP contribution in [-0.4, -0.2) is 19.5 Å². The average Bonchev–Trinajstić information content (AvgIpc) is 3.20. The molecule has 2 aliphatic carbocycles. The van der Waals surface area contributed by atoms with E-state index >= 15 is 0 Å². The highest BCUT2D eigenvalue weighted by molar-refractivity contribution is 7.19. The van der Waals surface area contributed by atoms with Crippen molar-refractivity contribution >= 4 is 48.9 Å². The number of anilines is 1. The van der Waals surface area contributed by atoms with Crippen molar-refractivity contribution in [3.05, 3.63) is 43.4 Å². The predicted octanol–water partition coefficient (Wildman–Crippen LogP) is 4.24. The normalized spacial score (nSPS) is 16.5. The zero-order valence-corrected chi connectivity index (χ0v) is 18.4. The van der Waals surface area contributed by atoms with Crippen molar-refractivity contribution in [2.45, 2.75) is 64.3 Å². The van der Waals surface area contributed by atoms with Gasteiger partial charge in [0.1, 0.15) is 15.5 Å². The van der Waals surface area contributed by atoms with Gasteiger partial charge in [0.2, 0.25) is 0 Å². The fourth-order valence-electron chi connectivity index (χ4n) is 4.93. The number of hydrogen-bond acceptors (Lipinski definition) is 7. The lowest BCUT2D eigenvalue weighted by Gasteiger charge is -2.11. The van der Waals surface area contributed by atoms with Gasteiger partial charge in [0.15, 0.2) is 5.82 Å². The highest BCUT2D eigenvalue weighted by atomic mass is 32.1. The first-order valence-corrected chi connectivity index (χ1v) is 12.4. The summed E-state index contributed by atoms with van der Waals surface area (Å²) in [5, 5.41) is 1.84. The Labute approximate surface area is 181 Å². The molecule has 0 bridgehead atoms. The van der Waals surface area contributed by atoms with Crippen LogP contribution in [0.1, 0.15) is 58.8 Å². The fraction of sp³-hybridized carbons (Fsp3) is 0.455. The van der Waals surface area contributed by atoms with E-state index in [0.29, 0.717) is 18.2 Å². The van der Waals surface area contributed by atoms with Crippen molar-refractivity contribution in [2.75, 3.05) is 5.73 Å². The quantitative estimate of drug-likeness (QED) is 0.474. The number of aromatic nitrogens is 4. The smallest absolute Gasteiger partial charge is 0.262 e. The number of nitrogens with zero attached hydrogens (tertiary/aromatic N) is 4. The van der Waals surface area contributed by atoms with Crippen LogP contribution in [0.5, 0.6) is 0 Å². The second-order valence-electron chi connectivity index (χ2n) is 8.34. The van der Waals surface area contributed by atoms with E-state index in [-0.39, 0.29) is 5.56 Å². The summed E-state index contributed by atoms with van der Waals surface area (Å²) >= 11 is 3.42. The number of nitrogen functional groups attached to an aromatic ring is 1. The Morgan fingerprint density at radius 3 is 2.37 bits per heavy atom. The molecule has 4 aromatic heterocycles. The van der Waals surface area contributed by atoms with Gasteiger partial charge in [0.25, 0.3) is 5.56 Å². The molecule has 0 amide bonds. The summed E-state index contributed by atoms with van der Waals surface area (Å²) in [5.74, 6) is 1.13. The van der Waals surface area contributed by atoms with Crippen molar-refractivity contribution in [3.63, 3.8) is 0 Å². The van der Waals surface area contributed by atoms with E-state index < -0.39 is 0 Å². The summed E-state index contributed by atoms with van der Waals surface area (Å²) in [7, 11) is 0. The lowest BCUT2D eigenvalue weighted by molar-refractivity contribution is 0.699. The lowest BCUT2D eigenvalue weighted by Crippen LogP contribution is -2.22. The summed E-state index contributed by atoms with van der Waals surface area (Å²) in [6.07, 6.45) is 11.9. The number of fused-ring (bicyclic) bond motifs is 6. The van der Waals surface area contributed by atoms with Gasteiger partial charge in [-0.1, -0.05) is 6.42 Å². The molecule has 30 heavy (non-hydrogen) atoms. The topological polar surface area (TPSA) is 86.7 Å². The molecule has 0 atom stereocenters. The number of rotatable bonds is 2. The number of thiophene rings is 2. The van der Waals surface area contributed by atoms with Crippen LogP contribution in [0.15, 0.2) is 11.1 Å². The molecule has 4 aromatic rings. The van der Waals surface area contributed by atoms with Crippen LogP contribution in [0.25, 0.3) is 20.4 Å². The molecule has 0 unspecified atom stereocenters. The molecule has 0 spiro atoms. The van der Waals surface area contributed by atoms with Crippen molar-refractivity contribution in [1.82, 2.24) is 19.5 Å². The van der Waals surface area contributed by atoms with Crippen LogP contribution in [0.4, 0.5) is 5.82 Å². The molecule has 2 aliphatic rings. The zero-order valence-electron chi connectivity index (χ0n) is 16.7. The molecule has 4 heterocycles. The molecule has 154 valence electrons. The zero-order chi connectivity index (χ0) is 20.2. The van der Waals surface area contributed by atoms with Gasteiger partial charge in [-0.25, -0.2) is 15.0 Å². The van der Waals surface area contributed by atoms with E-state index in [1.54, 1.807) is 33.6 Å². The van der Waals surface area contributed by atoms with E-state index in [0.717, 1.165) is 52.5 Å². The van der Waals surface area contributed by atoms with Crippen LogP contribution < -0.4 is 11.3 Å². The summed E-state index contributed by atoms with van der Waals surface area (Å²) in [4.78, 5) is 31.9.